The molecule has 1 saturated heterocycles. The summed E-state index contributed by atoms with van der Waals surface area (Å²) >= 11 is 0. The Labute approximate surface area is 146 Å². The Bertz CT molecular complexity index is 649. The second-order valence-corrected chi connectivity index (χ2v) is 6.56. The van der Waals surface area contributed by atoms with Crippen molar-refractivity contribution < 1.29 is 14.5 Å². The topological polar surface area (TPSA) is 110 Å². The number of hydrogen-bond donors (Lipinski definition) is 1. The number of piperazine rings is 1. The lowest BCUT2D eigenvalue weighted by molar-refractivity contribution is -0.384. The number of hydrogen-bond acceptors (Lipinski definition) is 5. The van der Waals surface area contributed by atoms with Crippen LogP contribution in [-0.4, -0.2) is 58.3 Å². The van der Waals surface area contributed by atoms with Crippen LogP contribution >= 0.6 is 0 Å². The third-order valence-electron chi connectivity index (χ3n) is 4.44. The molecule has 1 aliphatic rings. The summed E-state index contributed by atoms with van der Waals surface area (Å²) in [5.74, 6) is -0.275. The highest BCUT2D eigenvalue weighted by Gasteiger charge is 2.34. The number of carbonyl (C=O) groups excluding carboxylic acids is 2. The Hall–Kier alpha value is -2.48. The molecule has 8 nitrogen and oxygen atoms in total. The van der Waals surface area contributed by atoms with Crippen molar-refractivity contribution in [1.29, 1.82) is 0 Å². The van der Waals surface area contributed by atoms with Crippen LogP contribution in [0.4, 0.5) is 5.69 Å². The lowest BCUT2D eigenvalue weighted by Crippen LogP contribution is -2.58. The van der Waals surface area contributed by atoms with Gasteiger partial charge < -0.3 is 15.5 Å². The van der Waals surface area contributed by atoms with Crippen molar-refractivity contribution in [2.24, 2.45) is 5.73 Å². The molecule has 1 atom stereocenters. The molecule has 1 aliphatic heterocycles. The van der Waals surface area contributed by atoms with E-state index in [2.05, 4.69) is 0 Å². The molecule has 1 aromatic rings. The maximum atomic E-state index is 12.5. The summed E-state index contributed by atoms with van der Waals surface area (Å²) < 4.78 is 0. The molecule has 25 heavy (non-hydrogen) atoms. The summed E-state index contributed by atoms with van der Waals surface area (Å²) in [5.41, 5.74) is 5.58. The molecule has 0 bridgehead atoms. The van der Waals surface area contributed by atoms with Crippen LogP contribution in [0, 0.1) is 10.1 Å². The molecule has 2 rings (SSSR count). The normalized spacial score (nSPS) is 17.1. The van der Waals surface area contributed by atoms with Crippen LogP contribution in [0.5, 0.6) is 0 Å². The molecule has 1 fully saturated rings. The minimum atomic E-state index is -0.876. The van der Waals surface area contributed by atoms with Crippen molar-refractivity contribution in [1.82, 2.24) is 9.80 Å². The molecule has 0 radical (unpaired) electrons. The molecule has 0 spiro atoms. The lowest BCUT2D eigenvalue weighted by Gasteiger charge is -2.38. The highest BCUT2D eigenvalue weighted by Crippen LogP contribution is 2.17. The van der Waals surface area contributed by atoms with E-state index in [0.29, 0.717) is 38.2 Å². The van der Waals surface area contributed by atoms with Gasteiger partial charge in [0.15, 0.2) is 0 Å². The van der Waals surface area contributed by atoms with Gasteiger partial charge in [0, 0.05) is 43.9 Å². The van der Waals surface area contributed by atoms with Crippen LogP contribution in [0.25, 0.3) is 0 Å². The molecule has 2 amide bonds. The Morgan fingerprint density at radius 3 is 2.16 bits per heavy atom. The number of nitrogens with two attached hydrogens (primary N) is 1. The summed E-state index contributed by atoms with van der Waals surface area (Å²) in [4.78, 5) is 38.5. The number of nitro benzene ring substituents is 1. The number of nitro groups is 1. The van der Waals surface area contributed by atoms with Gasteiger partial charge in [0.1, 0.15) is 0 Å². The first-order chi connectivity index (χ1) is 11.8. The van der Waals surface area contributed by atoms with Gasteiger partial charge in [0.05, 0.1) is 10.5 Å². The Morgan fingerprint density at radius 1 is 1.16 bits per heavy atom. The third kappa shape index (κ3) is 4.33. The van der Waals surface area contributed by atoms with E-state index >= 15 is 0 Å². The van der Waals surface area contributed by atoms with Crippen molar-refractivity contribution in [2.45, 2.75) is 32.2 Å². The third-order valence-corrected chi connectivity index (χ3v) is 4.44. The van der Waals surface area contributed by atoms with Gasteiger partial charge in [-0.2, -0.15) is 0 Å². The summed E-state index contributed by atoms with van der Waals surface area (Å²) in [6.07, 6.45) is 1.45. The highest BCUT2D eigenvalue weighted by atomic mass is 16.6. The van der Waals surface area contributed by atoms with Crippen LogP contribution in [0.2, 0.25) is 0 Å². The molecular formula is C17H24N4O4. The van der Waals surface area contributed by atoms with E-state index in [0.717, 1.165) is 6.42 Å². The van der Waals surface area contributed by atoms with Crippen molar-refractivity contribution in [3.8, 4) is 0 Å². The fraction of sp³-hybridized carbons (Fsp3) is 0.529. The quantitative estimate of drug-likeness (QED) is 0.639. The second-order valence-electron chi connectivity index (χ2n) is 6.56. The van der Waals surface area contributed by atoms with E-state index in [1.165, 1.54) is 24.3 Å². The average molecular weight is 348 g/mol. The summed E-state index contributed by atoms with van der Waals surface area (Å²) in [6.45, 7) is 5.45. The van der Waals surface area contributed by atoms with E-state index < -0.39 is 10.5 Å². The van der Waals surface area contributed by atoms with Crippen molar-refractivity contribution in [2.75, 3.05) is 26.2 Å². The fourth-order valence-corrected chi connectivity index (χ4v) is 3.01. The number of benzene rings is 1. The zero-order valence-corrected chi connectivity index (χ0v) is 14.6. The number of non-ortho nitro benzene ring substituents is 1. The first kappa shape index (κ1) is 18.9. The van der Waals surface area contributed by atoms with Crippen LogP contribution < -0.4 is 5.73 Å². The van der Waals surface area contributed by atoms with E-state index in [9.17, 15) is 19.7 Å². The van der Waals surface area contributed by atoms with Gasteiger partial charge in [-0.25, -0.2) is 0 Å². The van der Waals surface area contributed by atoms with Crippen molar-refractivity contribution in [3.05, 3.63) is 39.9 Å². The Balaban J connectivity index is 1.96. The minimum Gasteiger partial charge on any atom is -0.338 e. The Morgan fingerprint density at radius 2 is 1.68 bits per heavy atom. The van der Waals surface area contributed by atoms with Gasteiger partial charge in [0.25, 0.3) is 11.6 Å². The van der Waals surface area contributed by atoms with Crippen LogP contribution in [0.3, 0.4) is 0 Å². The van der Waals surface area contributed by atoms with Crippen LogP contribution in [-0.2, 0) is 4.79 Å². The van der Waals surface area contributed by atoms with Gasteiger partial charge in [-0.3, -0.25) is 19.7 Å². The largest absolute Gasteiger partial charge is 0.338 e. The van der Waals surface area contributed by atoms with E-state index in [4.69, 9.17) is 5.73 Å². The fourth-order valence-electron chi connectivity index (χ4n) is 3.01. The van der Waals surface area contributed by atoms with E-state index in [1.54, 1.807) is 16.7 Å². The molecule has 1 unspecified atom stereocenters. The molecule has 0 aromatic heterocycles. The van der Waals surface area contributed by atoms with Gasteiger partial charge in [-0.05, 0) is 25.5 Å². The zero-order chi connectivity index (χ0) is 18.6. The summed E-state index contributed by atoms with van der Waals surface area (Å²) in [7, 11) is 0. The molecular weight excluding hydrogens is 324 g/mol. The standard InChI is InChI=1S/C17H24N4O4/c1-3-8-17(2,18)16(23)20-11-9-19(10-12-20)15(22)13-4-6-14(7-5-13)21(24)25/h4-7H,3,8-12,18H2,1-2H3. The Kier molecular flexibility index (Phi) is 5.73. The first-order valence-corrected chi connectivity index (χ1v) is 8.38. The van der Waals surface area contributed by atoms with Gasteiger partial charge >= 0.3 is 0 Å². The zero-order valence-electron chi connectivity index (χ0n) is 14.6. The molecule has 0 aliphatic carbocycles. The monoisotopic (exact) mass is 348 g/mol. The molecule has 1 heterocycles. The lowest BCUT2D eigenvalue weighted by atomic mass is 9.95. The molecule has 1 aromatic carbocycles. The van der Waals surface area contributed by atoms with Gasteiger partial charge in [-0.1, -0.05) is 13.3 Å². The van der Waals surface area contributed by atoms with Gasteiger partial charge in [0.2, 0.25) is 5.91 Å². The van der Waals surface area contributed by atoms with E-state index in [-0.39, 0.29) is 17.5 Å². The first-order valence-electron chi connectivity index (χ1n) is 8.38. The molecule has 136 valence electrons. The maximum absolute atomic E-state index is 12.5. The van der Waals surface area contributed by atoms with Crippen molar-refractivity contribution in [3.63, 3.8) is 0 Å². The number of rotatable bonds is 5. The van der Waals surface area contributed by atoms with Crippen molar-refractivity contribution >= 4 is 17.5 Å². The number of carbonyl (C=O) groups is 2. The number of nitrogens with zero attached hydrogens (tertiary/aromatic N) is 3. The van der Waals surface area contributed by atoms with Gasteiger partial charge in [-0.15, -0.1) is 0 Å². The average Bonchev–Trinajstić information content (AvgIpc) is 2.60. The molecule has 0 saturated carbocycles. The molecule has 2 N–H and O–H groups in total. The minimum absolute atomic E-state index is 0.0508. The van der Waals surface area contributed by atoms with E-state index in [1.807, 2.05) is 6.92 Å². The van der Waals surface area contributed by atoms with Crippen LogP contribution in [0.15, 0.2) is 24.3 Å². The highest BCUT2D eigenvalue weighted by molar-refractivity contribution is 5.94. The SMILES string of the molecule is CCCC(C)(N)C(=O)N1CCN(C(=O)c2ccc([N+](=O)[O-])cc2)CC1. The maximum Gasteiger partial charge on any atom is 0.269 e. The number of amides is 2. The summed E-state index contributed by atoms with van der Waals surface area (Å²) in [5, 5.41) is 10.7. The molecule has 8 heteroatoms. The summed E-state index contributed by atoms with van der Waals surface area (Å²) in [6, 6.07) is 5.54. The second kappa shape index (κ2) is 7.60. The predicted octanol–water partition coefficient (Wildman–Crippen LogP) is 1.40. The predicted molar refractivity (Wildman–Crippen MR) is 93.1 cm³/mol. The smallest absolute Gasteiger partial charge is 0.269 e. The van der Waals surface area contributed by atoms with Crippen LogP contribution in [0.1, 0.15) is 37.0 Å².